The van der Waals surface area contributed by atoms with Crippen molar-refractivity contribution in [3.63, 3.8) is 0 Å². The van der Waals surface area contributed by atoms with Crippen LogP contribution in [0.5, 0.6) is 0 Å². The van der Waals surface area contributed by atoms with Gasteiger partial charge in [0.05, 0.1) is 5.52 Å². The summed E-state index contributed by atoms with van der Waals surface area (Å²) in [6.45, 7) is 0. The van der Waals surface area contributed by atoms with Crippen molar-refractivity contribution in [3.05, 3.63) is 229 Å². The second-order valence-electron chi connectivity index (χ2n) is 14.1. The maximum atomic E-state index is 2.51. The van der Waals surface area contributed by atoms with E-state index in [2.05, 4.69) is 222 Å². The van der Waals surface area contributed by atoms with E-state index in [4.69, 9.17) is 0 Å². The minimum Gasteiger partial charge on any atom is -0.312 e. The summed E-state index contributed by atoms with van der Waals surface area (Å²) >= 11 is 1.92. The maximum absolute atomic E-state index is 2.51. The molecule has 2 heterocycles. The third-order valence-corrected chi connectivity index (χ3v) is 12.0. The summed E-state index contributed by atoms with van der Waals surface area (Å²) in [5, 5.41) is 1.29. The lowest BCUT2D eigenvalue weighted by Gasteiger charge is -2.28. The lowest BCUT2D eigenvalue weighted by atomic mass is 9.88. The molecule has 2 nitrogen and oxygen atoms in total. The number of hydrogen-bond acceptors (Lipinski definition) is 2. The fourth-order valence-electron chi connectivity index (χ4n) is 8.20. The highest BCUT2D eigenvalue weighted by atomic mass is 32.2. The number of hydrogen-bond donors (Lipinski definition) is 0. The Balaban J connectivity index is 1.18. The molecule has 0 aliphatic carbocycles. The quantitative estimate of drug-likeness (QED) is 0.162. The van der Waals surface area contributed by atoms with E-state index >= 15 is 0 Å². The van der Waals surface area contributed by atoms with E-state index in [1.165, 1.54) is 65.5 Å². The molecule has 3 heteroatoms. The summed E-state index contributed by atoms with van der Waals surface area (Å²) in [7, 11) is 0. The molecule has 0 bridgehead atoms. The van der Waals surface area contributed by atoms with E-state index in [9.17, 15) is 0 Å². The highest BCUT2D eigenvalue weighted by molar-refractivity contribution is 7.99. The monoisotopic (exact) mass is 722 g/mol. The number of anilines is 3. The van der Waals surface area contributed by atoms with E-state index in [0.29, 0.717) is 0 Å². The molecule has 0 fully saturated rings. The third kappa shape index (κ3) is 6.23. The van der Waals surface area contributed by atoms with Crippen molar-refractivity contribution >= 4 is 39.7 Å². The molecule has 0 N–H and O–H groups in total. The smallest absolute Gasteiger partial charge is 0.0543 e. The Kier molecular flexibility index (Phi) is 8.63. The summed E-state index contributed by atoms with van der Waals surface area (Å²) < 4.78 is 2.51. The minimum atomic E-state index is 0.171. The summed E-state index contributed by atoms with van der Waals surface area (Å²) in [6.07, 6.45) is 0.899. The standard InChI is InChI=1S/C52H38N2S/c1-6-18-37(19-7-1)41-32-42(38-20-8-2-9-21-38)34-46(33-41)53(43-24-12-4-13-25-43)45-31-30-40-35-48(39-22-10-3-11-23-39)51-52(55-50(40)36-45)47-28-16-17-29-49(47)54(51)44-26-14-5-15-27-44/h1-34,36,48H,35H2. The first kappa shape index (κ1) is 33.1. The zero-order chi connectivity index (χ0) is 36.6. The van der Waals surface area contributed by atoms with Crippen molar-refractivity contribution in [3.8, 4) is 27.9 Å². The molecule has 1 atom stereocenters. The first-order chi connectivity index (χ1) is 27.3. The van der Waals surface area contributed by atoms with Gasteiger partial charge in [0.2, 0.25) is 0 Å². The van der Waals surface area contributed by atoms with Gasteiger partial charge in [-0.05, 0) is 100 Å². The lowest BCUT2D eigenvalue weighted by molar-refractivity contribution is 0.737. The molecular weight excluding hydrogens is 685 g/mol. The van der Waals surface area contributed by atoms with Gasteiger partial charge in [0.1, 0.15) is 0 Å². The number of aromatic nitrogens is 1. The Morgan fingerprint density at radius 1 is 0.455 bits per heavy atom. The van der Waals surface area contributed by atoms with Crippen LogP contribution in [0.25, 0.3) is 38.8 Å². The molecule has 1 aliphatic rings. The molecule has 0 saturated carbocycles. The van der Waals surface area contributed by atoms with E-state index in [0.717, 1.165) is 23.5 Å². The van der Waals surface area contributed by atoms with E-state index in [-0.39, 0.29) is 5.92 Å². The molecule has 8 aromatic carbocycles. The predicted octanol–water partition coefficient (Wildman–Crippen LogP) is 14.3. The van der Waals surface area contributed by atoms with Crippen molar-refractivity contribution in [2.75, 3.05) is 4.90 Å². The molecule has 55 heavy (non-hydrogen) atoms. The van der Waals surface area contributed by atoms with Crippen LogP contribution in [0.1, 0.15) is 22.7 Å². The molecule has 0 saturated heterocycles. The van der Waals surface area contributed by atoms with E-state index in [1.807, 2.05) is 11.8 Å². The van der Waals surface area contributed by atoms with E-state index < -0.39 is 0 Å². The van der Waals surface area contributed by atoms with Gasteiger partial charge in [-0.3, -0.25) is 0 Å². The Morgan fingerprint density at radius 2 is 1.02 bits per heavy atom. The number of benzene rings is 8. The first-order valence-corrected chi connectivity index (χ1v) is 19.8. The molecule has 10 rings (SSSR count). The van der Waals surface area contributed by atoms with Gasteiger partial charge in [0.15, 0.2) is 0 Å². The maximum Gasteiger partial charge on any atom is 0.0543 e. The molecule has 0 radical (unpaired) electrons. The summed E-state index contributed by atoms with van der Waals surface area (Å²) in [5.41, 5.74) is 14.6. The van der Waals surface area contributed by atoms with Gasteiger partial charge in [-0.2, -0.15) is 0 Å². The van der Waals surface area contributed by atoms with Crippen molar-refractivity contribution < 1.29 is 0 Å². The molecule has 1 unspecified atom stereocenters. The topological polar surface area (TPSA) is 8.17 Å². The van der Waals surface area contributed by atoms with Gasteiger partial charge < -0.3 is 9.47 Å². The van der Waals surface area contributed by atoms with Gasteiger partial charge in [-0.25, -0.2) is 0 Å². The van der Waals surface area contributed by atoms with Gasteiger partial charge in [0.25, 0.3) is 0 Å². The van der Waals surface area contributed by atoms with Gasteiger partial charge in [-0.1, -0.05) is 163 Å². The van der Waals surface area contributed by atoms with Crippen LogP contribution in [-0.2, 0) is 6.42 Å². The average Bonchev–Trinajstić information content (AvgIpc) is 3.48. The highest BCUT2D eigenvalue weighted by Gasteiger charge is 2.31. The Hall–Kier alpha value is -6.55. The zero-order valence-electron chi connectivity index (χ0n) is 30.3. The largest absolute Gasteiger partial charge is 0.312 e. The van der Waals surface area contributed by atoms with Crippen molar-refractivity contribution in [1.29, 1.82) is 0 Å². The van der Waals surface area contributed by atoms with Crippen LogP contribution in [-0.4, -0.2) is 4.57 Å². The third-order valence-electron chi connectivity index (χ3n) is 10.8. The normalized spacial score (nSPS) is 13.5. The molecule has 1 aliphatic heterocycles. The average molecular weight is 723 g/mol. The molecule has 0 spiro atoms. The Bertz CT molecular complexity index is 2680. The zero-order valence-corrected chi connectivity index (χ0v) is 31.1. The fourth-order valence-corrected chi connectivity index (χ4v) is 9.50. The lowest BCUT2D eigenvalue weighted by Crippen LogP contribution is -2.12. The molecule has 0 amide bonds. The number of para-hydroxylation sites is 3. The van der Waals surface area contributed by atoms with Crippen molar-refractivity contribution in [1.82, 2.24) is 4.57 Å². The van der Waals surface area contributed by atoms with Crippen LogP contribution in [0.3, 0.4) is 0 Å². The van der Waals surface area contributed by atoms with Gasteiger partial charge in [-0.15, -0.1) is 0 Å². The predicted molar refractivity (Wildman–Crippen MR) is 231 cm³/mol. The van der Waals surface area contributed by atoms with Crippen LogP contribution in [0.4, 0.5) is 17.1 Å². The number of nitrogens with zero attached hydrogens (tertiary/aromatic N) is 2. The van der Waals surface area contributed by atoms with Crippen LogP contribution >= 0.6 is 11.8 Å². The van der Waals surface area contributed by atoms with Crippen LogP contribution in [0.15, 0.2) is 222 Å². The summed E-state index contributed by atoms with van der Waals surface area (Å²) in [5.74, 6) is 0.171. The summed E-state index contributed by atoms with van der Waals surface area (Å²) in [4.78, 5) is 5.04. The van der Waals surface area contributed by atoms with Gasteiger partial charge >= 0.3 is 0 Å². The summed E-state index contributed by atoms with van der Waals surface area (Å²) in [6, 6.07) is 77.2. The Morgan fingerprint density at radius 3 is 1.67 bits per heavy atom. The van der Waals surface area contributed by atoms with E-state index in [1.54, 1.807) is 0 Å². The van der Waals surface area contributed by atoms with Crippen molar-refractivity contribution in [2.45, 2.75) is 22.1 Å². The first-order valence-electron chi connectivity index (χ1n) is 18.9. The molecular formula is C52H38N2S. The van der Waals surface area contributed by atoms with Crippen LogP contribution in [0.2, 0.25) is 0 Å². The SMILES string of the molecule is c1ccc(-c2cc(-c3ccccc3)cc(N(c3ccccc3)c3ccc4c(c3)Sc3c(n(-c5ccccc5)c5ccccc35)C(c3ccccc3)C4)c2)cc1. The fraction of sp³-hybridized carbons (Fsp3) is 0.0385. The number of fused-ring (bicyclic) bond motifs is 4. The van der Waals surface area contributed by atoms with Crippen molar-refractivity contribution in [2.24, 2.45) is 0 Å². The molecule has 1 aromatic heterocycles. The second-order valence-corrected chi connectivity index (χ2v) is 15.2. The second kappa shape index (κ2) is 14.4. The molecule has 262 valence electrons. The number of rotatable bonds is 7. The van der Waals surface area contributed by atoms with Gasteiger partial charge in [0, 0.05) is 49.5 Å². The van der Waals surface area contributed by atoms with Crippen LogP contribution in [0, 0.1) is 0 Å². The minimum absolute atomic E-state index is 0.171. The highest BCUT2D eigenvalue weighted by Crippen LogP contribution is 2.51. The Labute approximate surface area is 327 Å². The van der Waals surface area contributed by atoms with Crippen LogP contribution < -0.4 is 4.90 Å². The molecule has 9 aromatic rings.